The average Bonchev–Trinajstić information content (AvgIpc) is 2.94. The molecule has 3 rings (SSSR count). The zero-order valence-corrected chi connectivity index (χ0v) is 12.0. The van der Waals surface area contributed by atoms with Crippen LogP contribution in [0, 0.1) is 6.92 Å². The van der Waals surface area contributed by atoms with Gasteiger partial charge in [-0.15, -0.1) is 11.3 Å². The van der Waals surface area contributed by atoms with Crippen LogP contribution in [0.4, 0.5) is 11.4 Å². The first-order chi connectivity index (χ1) is 9.54. The van der Waals surface area contributed by atoms with Gasteiger partial charge in [-0.25, -0.2) is 4.98 Å². The lowest BCUT2D eigenvalue weighted by atomic mass is 10.1. The topological polar surface area (TPSA) is 62.3 Å². The smallest absolute Gasteiger partial charge is 0.296 e. The van der Waals surface area contributed by atoms with Crippen molar-refractivity contribution in [1.82, 2.24) is 4.98 Å². The fourth-order valence-corrected chi connectivity index (χ4v) is 2.79. The molecule has 0 bridgehead atoms. The molecule has 5 nitrogen and oxygen atoms in total. The number of aryl methyl sites for hydroxylation is 1. The van der Waals surface area contributed by atoms with Gasteiger partial charge < -0.3 is 10.2 Å². The van der Waals surface area contributed by atoms with Crippen molar-refractivity contribution in [2.75, 3.05) is 17.3 Å². The van der Waals surface area contributed by atoms with Gasteiger partial charge in [0, 0.05) is 18.1 Å². The lowest BCUT2D eigenvalue weighted by molar-refractivity contribution is -0.112. The zero-order chi connectivity index (χ0) is 14.3. The summed E-state index contributed by atoms with van der Waals surface area (Å²) >= 11 is 1.62. The number of amides is 1. The van der Waals surface area contributed by atoms with E-state index in [1.54, 1.807) is 17.4 Å². The Labute approximate surface area is 120 Å². The van der Waals surface area contributed by atoms with Crippen molar-refractivity contribution < 1.29 is 9.59 Å². The third-order valence-electron chi connectivity index (χ3n) is 3.21. The zero-order valence-electron chi connectivity index (χ0n) is 11.1. The van der Waals surface area contributed by atoms with Gasteiger partial charge in [-0.05, 0) is 25.1 Å². The largest absolute Gasteiger partial charge is 0.369 e. The molecule has 1 amide bonds. The number of carbonyl (C=O) groups excluding carboxylic acids is 2. The summed E-state index contributed by atoms with van der Waals surface area (Å²) in [6.07, 6.45) is 0. The molecule has 1 aromatic heterocycles. The Balaban J connectivity index is 1.83. The number of anilines is 2. The second-order valence-corrected chi connectivity index (χ2v) is 5.79. The molecule has 0 unspecified atom stereocenters. The number of nitrogens with zero attached hydrogens (tertiary/aromatic N) is 2. The number of ketones is 1. The number of benzene rings is 1. The summed E-state index contributed by atoms with van der Waals surface area (Å²) in [5.74, 6) is -1.03. The summed E-state index contributed by atoms with van der Waals surface area (Å²) in [5.41, 5.74) is 2.97. The molecule has 1 aromatic carbocycles. The van der Waals surface area contributed by atoms with Crippen molar-refractivity contribution in [3.63, 3.8) is 0 Å². The number of Topliss-reactive ketones (excluding diaryl/α,β-unsaturated/α-hetero) is 1. The summed E-state index contributed by atoms with van der Waals surface area (Å²) in [6.45, 7) is 2.66. The number of thiazole rings is 1. The molecule has 0 saturated carbocycles. The minimum absolute atomic E-state index is 0.441. The van der Waals surface area contributed by atoms with Crippen LogP contribution in [-0.4, -0.2) is 23.7 Å². The van der Waals surface area contributed by atoms with Crippen molar-refractivity contribution in [2.24, 2.45) is 0 Å². The highest BCUT2D eigenvalue weighted by molar-refractivity contribution is 7.09. The molecule has 6 heteroatoms. The molecule has 20 heavy (non-hydrogen) atoms. The molecule has 0 aliphatic carbocycles. The van der Waals surface area contributed by atoms with Gasteiger partial charge in [0.2, 0.25) is 0 Å². The van der Waals surface area contributed by atoms with Crippen LogP contribution < -0.4 is 10.2 Å². The lowest BCUT2D eigenvalue weighted by Gasteiger charge is -2.18. The number of fused-ring (bicyclic) bond motifs is 1. The van der Waals surface area contributed by atoms with Gasteiger partial charge in [0.25, 0.3) is 11.7 Å². The van der Waals surface area contributed by atoms with Crippen LogP contribution in [0.2, 0.25) is 0 Å². The number of carbonyl (C=O) groups is 2. The number of rotatable bonds is 3. The molecule has 2 heterocycles. The summed E-state index contributed by atoms with van der Waals surface area (Å²) in [5, 5.41) is 5.66. The summed E-state index contributed by atoms with van der Waals surface area (Å²) < 4.78 is 0. The van der Waals surface area contributed by atoms with Crippen LogP contribution in [0.5, 0.6) is 0 Å². The average molecular weight is 287 g/mol. The van der Waals surface area contributed by atoms with E-state index in [1.165, 1.54) is 0 Å². The first-order valence-corrected chi connectivity index (χ1v) is 7.04. The van der Waals surface area contributed by atoms with Gasteiger partial charge in [-0.3, -0.25) is 9.59 Å². The van der Waals surface area contributed by atoms with Crippen molar-refractivity contribution in [2.45, 2.75) is 13.5 Å². The van der Waals surface area contributed by atoms with Crippen LogP contribution in [0.25, 0.3) is 0 Å². The van der Waals surface area contributed by atoms with Crippen LogP contribution in [0.1, 0.15) is 21.1 Å². The predicted molar refractivity (Wildman–Crippen MR) is 78.4 cm³/mol. The molecule has 0 radical (unpaired) electrons. The minimum atomic E-state index is -0.560. The van der Waals surface area contributed by atoms with Gasteiger partial charge in [-0.1, -0.05) is 0 Å². The Hall–Kier alpha value is -2.21. The number of nitrogens with one attached hydrogen (secondary N) is 1. The van der Waals surface area contributed by atoms with Crippen molar-refractivity contribution >= 4 is 34.4 Å². The summed E-state index contributed by atoms with van der Waals surface area (Å²) in [7, 11) is 1.95. The highest BCUT2D eigenvalue weighted by atomic mass is 32.1. The monoisotopic (exact) mass is 287 g/mol. The maximum absolute atomic E-state index is 11.5. The molecule has 102 valence electrons. The Bertz CT molecular complexity index is 708. The highest BCUT2D eigenvalue weighted by Gasteiger charge is 2.28. The first kappa shape index (κ1) is 12.8. The SMILES string of the molecule is Cc1nc(CN(C)c2ccc3c(c2)NC(=O)C3=O)cs1. The van der Waals surface area contributed by atoms with Crippen molar-refractivity contribution in [1.29, 1.82) is 0 Å². The van der Waals surface area contributed by atoms with E-state index in [0.29, 0.717) is 17.8 Å². The Morgan fingerprint density at radius 1 is 1.35 bits per heavy atom. The van der Waals surface area contributed by atoms with Crippen LogP contribution in [0.3, 0.4) is 0 Å². The molecule has 0 saturated heterocycles. The molecule has 2 aromatic rings. The standard InChI is InChI=1S/C14H13N3O2S/c1-8-15-9(7-20-8)6-17(2)10-3-4-11-12(5-10)16-14(19)13(11)18/h3-5,7H,6H2,1-2H3,(H,16,18,19). The van der Waals surface area contributed by atoms with E-state index >= 15 is 0 Å². The van der Waals surface area contributed by atoms with Gasteiger partial charge >= 0.3 is 0 Å². The molecule has 1 N–H and O–H groups in total. The maximum atomic E-state index is 11.5. The lowest BCUT2D eigenvalue weighted by Crippen LogP contribution is -2.16. The van der Waals surface area contributed by atoms with Crippen LogP contribution >= 0.6 is 11.3 Å². The molecule has 1 aliphatic rings. The molecular weight excluding hydrogens is 274 g/mol. The fraction of sp³-hybridized carbons (Fsp3) is 0.214. The molecule has 1 aliphatic heterocycles. The summed E-state index contributed by atoms with van der Waals surface area (Å²) in [6, 6.07) is 5.35. The van der Waals surface area contributed by atoms with E-state index in [-0.39, 0.29) is 0 Å². The van der Waals surface area contributed by atoms with Crippen molar-refractivity contribution in [3.05, 3.63) is 39.8 Å². The van der Waals surface area contributed by atoms with Gasteiger partial charge in [-0.2, -0.15) is 0 Å². The van der Waals surface area contributed by atoms with E-state index < -0.39 is 11.7 Å². The van der Waals surface area contributed by atoms with Gasteiger partial charge in [0.1, 0.15) is 0 Å². The second-order valence-electron chi connectivity index (χ2n) is 4.73. The second kappa shape index (κ2) is 4.72. The van der Waals surface area contributed by atoms with E-state index in [1.807, 2.05) is 36.4 Å². The van der Waals surface area contributed by atoms with Crippen molar-refractivity contribution in [3.8, 4) is 0 Å². The predicted octanol–water partition coefficient (Wildman–Crippen LogP) is 2.22. The maximum Gasteiger partial charge on any atom is 0.296 e. The molecule has 0 spiro atoms. The highest BCUT2D eigenvalue weighted by Crippen LogP contribution is 2.28. The quantitative estimate of drug-likeness (QED) is 0.879. The third kappa shape index (κ3) is 2.18. The number of hydrogen-bond donors (Lipinski definition) is 1. The van der Waals surface area contributed by atoms with Gasteiger partial charge in [0.05, 0.1) is 28.5 Å². The van der Waals surface area contributed by atoms with E-state index in [2.05, 4.69) is 10.3 Å². The molecule has 0 fully saturated rings. The Morgan fingerprint density at radius 3 is 2.85 bits per heavy atom. The van der Waals surface area contributed by atoms with Crippen LogP contribution in [-0.2, 0) is 11.3 Å². The molecular formula is C14H13N3O2S. The molecule has 0 atom stereocenters. The summed E-state index contributed by atoms with van der Waals surface area (Å²) in [4.78, 5) is 29.3. The van der Waals surface area contributed by atoms with Crippen LogP contribution in [0.15, 0.2) is 23.6 Å². The minimum Gasteiger partial charge on any atom is -0.369 e. The van der Waals surface area contributed by atoms with E-state index in [0.717, 1.165) is 16.4 Å². The number of hydrogen-bond acceptors (Lipinski definition) is 5. The Kier molecular flexibility index (Phi) is 3.02. The van der Waals surface area contributed by atoms with E-state index in [9.17, 15) is 9.59 Å². The van der Waals surface area contributed by atoms with E-state index in [4.69, 9.17) is 0 Å². The third-order valence-corrected chi connectivity index (χ3v) is 4.03. The normalized spacial score (nSPS) is 13.3. The van der Waals surface area contributed by atoms with Gasteiger partial charge in [0.15, 0.2) is 0 Å². The Morgan fingerprint density at radius 2 is 2.15 bits per heavy atom. The fourth-order valence-electron chi connectivity index (χ4n) is 2.19. The number of aromatic nitrogens is 1. The first-order valence-electron chi connectivity index (χ1n) is 6.16.